The molecule has 2 aromatic rings. The van der Waals surface area contributed by atoms with E-state index < -0.39 is 0 Å². The molecule has 3 nitrogen and oxygen atoms in total. The summed E-state index contributed by atoms with van der Waals surface area (Å²) in [6.07, 6.45) is 5.97. The van der Waals surface area contributed by atoms with Crippen LogP contribution in [0.2, 0.25) is 0 Å². The van der Waals surface area contributed by atoms with E-state index in [9.17, 15) is 0 Å². The van der Waals surface area contributed by atoms with Gasteiger partial charge in [-0.05, 0) is 37.1 Å². The van der Waals surface area contributed by atoms with Crippen molar-refractivity contribution in [1.29, 1.82) is 0 Å². The maximum Gasteiger partial charge on any atom is 0.125 e. The van der Waals surface area contributed by atoms with Crippen LogP contribution < -0.4 is 5.32 Å². The number of hydrogen-bond acceptors (Lipinski definition) is 3. The molecule has 1 aromatic carbocycles. The molecule has 3 heteroatoms. The lowest BCUT2D eigenvalue weighted by molar-refractivity contribution is 0.282. The highest BCUT2D eigenvalue weighted by Crippen LogP contribution is 2.22. The number of aliphatic hydroxyl groups excluding tert-OH is 1. The van der Waals surface area contributed by atoms with E-state index in [1.54, 1.807) is 6.26 Å². The van der Waals surface area contributed by atoms with E-state index >= 15 is 0 Å². The molecule has 1 aromatic heterocycles. The second-order valence-electron chi connectivity index (χ2n) is 4.95. The fraction of sp³-hybridized carbons (Fsp3) is 0.412. The van der Waals surface area contributed by atoms with Gasteiger partial charge in [0.25, 0.3) is 0 Å². The summed E-state index contributed by atoms with van der Waals surface area (Å²) in [6, 6.07) is 14.4. The summed E-state index contributed by atoms with van der Waals surface area (Å²) >= 11 is 0. The fourth-order valence-electron chi connectivity index (χ4n) is 2.32. The Morgan fingerprint density at radius 1 is 0.950 bits per heavy atom. The molecule has 0 saturated carbocycles. The average molecular weight is 273 g/mol. The molecule has 0 aliphatic rings. The minimum Gasteiger partial charge on any atom is -0.467 e. The van der Waals surface area contributed by atoms with Crippen molar-refractivity contribution < 1.29 is 9.52 Å². The standard InChI is InChI=1S/C17H23NO2/c19-13-7-2-1-6-12-18-17(16-11-8-14-20-16)15-9-4-3-5-10-15/h3-5,8-11,14,17-19H,1-2,6-7,12-13H2. The van der Waals surface area contributed by atoms with Gasteiger partial charge < -0.3 is 14.8 Å². The highest BCUT2D eigenvalue weighted by atomic mass is 16.3. The van der Waals surface area contributed by atoms with Crippen molar-refractivity contribution in [2.45, 2.75) is 31.7 Å². The van der Waals surface area contributed by atoms with E-state index in [2.05, 4.69) is 17.4 Å². The molecule has 0 fully saturated rings. The minimum absolute atomic E-state index is 0.115. The third kappa shape index (κ3) is 4.51. The van der Waals surface area contributed by atoms with Gasteiger partial charge in [0.2, 0.25) is 0 Å². The Hall–Kier alpha value is -1.58. The predicted molar refractivity (Wildman–Crippen MR) is 80.5 cm³/mol. The Balaban J connectivity index is 1.88. The highest BCUT2D eigenvalue weighted by molar-refractivity contribution is 5.26. The molecule has 108 valence electrons. The van der Waals surface area contributed by atoms with Crippen molar-refractivity contribution in [3.8, 4) is 0 Å². The van der Waals surface area contributed by atoms with Gasteiger partial charge >= 0.3 is 0 Å². The molecular weight excluding hydrogens is 250 g/mol. The van der Waals surface area contributed by atoms with Gasteiger partial charge in [-0.3, -0.25) is 0 Å². The van der Waals surface area contributed by atoms with Crippen molar-refractivity contribution in [3.63, 3.8) is 0 Å². The van der Waals surface area contributed by atoms with Crippen LogP contribution in [0.4, 0.5) is 0 Å². The first-order valence-electron chi connectivity index (χ1n) is 7.34. The number of unbranched alkanes of at least 4 members (excludes halogenated alkanes) is 3. The third-order valence-electron chi connectivity index (χ3n) is 3.39. The average Bonchev–Trinajstić information content (AvgIpc) is 3.01. The topological polar surface area (TPSA) is 45.4 Å². The lowest BCUT2D eigenvalue weighted by Gasteiger charge is -2.17. The molecule has 2 rings (SSSR count). The zero-order valence-electron chi connectivity index (χ0n) is 11.8. The first kappa shape index (κ1) is 14.8. The van der Waals surface area contributed by atoms with Crippen LogP contribution in [-0.4, -0.2) is 18.3 Å². The molecule has 1 unspecified atom stereocenters. The van der Waals surface area contributed by atoms with Gasteiger partial charge in [0.05, 0.1) is 12.3 Å². The van der Waals surface area contributed by atoms with Crippen LogP contribution in [0.1, 0.15) is 43.0 Å². The largest absolute Gasteiger partial charge is 0.467 e. The van der Waals surface area contributed by atoms with Crippen LogP contribution >= 0.6 is 0 Å². The maximum absolute atomic E-state index is 8.76. The van der Waals surface area contributed by atoms with Gasteiger partial charge in [0, 0.05) is 6.61 Å². The number of nitrogens with one attached hydrogen (secondary N) is 1. The van der Waals surface area contributed by atoms with Crippen LogP contribution in [0.25, 0.3) is 0 Å². The fourth-order valence-corrected chi connectivity index (χ4v) is 2.32. The zero-order chi connectivity index (χ0) is 14.0. The smallest absolute Gasteiger partial charge is 0.125 e. The summed E-state index contributed by atoms with van der Waals surface area (Å²) < 4.78 is 5.55. The van der Waals surface area contributed by atoms with Crippen LogP contribution in [-0.2, 0) is 0 Å². The highest BCUT2D eigenvalue weighted by Gasteiger charge is 2.15. The minimum atomic E-state index is 0.115. The molecule has 0 aliphatic carbocycles. The molecule has 0 spiro atoms. The van der Waals surface area contributed by atoms with Crippen LogP contribution in [0, 0.1) is 0 Å². The van der Waals surface area contributed by atoms with E-state index in [-0.39, 0.29) is 6.04 Å². The SMILES string of the molecule is OCCCCCCNC(c1ccccc1)c1ccco1. The molecule has 0 radical (unpaired) electrons. The second-order valence-corrected chi connectivity index (χ2v) is 4.95. The number of furan rings is 1. The Kier molecular flexibility index (Phi) is 6.35. The Morgan fingerprint density at radius 2 is 1.75 bits per heavy atom. The molecule has 1 atom stereocenters. The molecule has 0 amide bonds. The molecule has 0 saturated heterocycles. The summed E-state index contributed by atoms with van der Waals surface area (Å²) in [7, 11) is 0. The summed E-state index contributed by atoms with van der Waals surface area (Å²) in [5.41, 5.74) is 1.22. The summed E-state index contributed by atoms with van der Waals surface area (Å²) in [5.74, 6) is 0.951. The van der Waals surface area contributed by atoms with Gasteiger partial charge in [-0.1, -0.05) is 43.2 Å². The van der Waals surface area contributed by atoms with E-state index in [0.717, 1.165) is 38.0 Å². The molecule has 20 heavy (non-hydrogen) atoms. The number of hydrogen-bond donors (Lipinski definition) is 2. The van der Waals surface area contributed by atoms with Crippen molar-refractivity contribution in [1.82, 2.24) is 5.32 Å². The summed E-state index contributed by atoms with van der Waals surface area (Å²) in [4.78, 5) is 0. The van der Waals surface area contributed by atoms with Crippen LogP contribution in [0.5, 0.6) is 0 Å². The van der Waals surface area contributed by atoms with Crippen LogP contribution in [0.15, 0.2) is 53.1 Å². The van der Waals surface area contributed by atoms with Crippen molar-refractivity contribution in [3.05, 3.63) is 60.1 Å². The summed E-state index contributed by atoms with van der Waals surface area (Å²) in [6.45, 7) is 1.25. The molecule has 2 N–H and O–H groups in total. The van der Waals surface area contributed by atoms with Crippen molar-refractivity contribution in [2.75, 3.05) is 13.2 Å². The van der Waals surface area contributed by atoms with Gasteiger partial charge in [-0.25, -0.2) is 0 Å². The predicted octanol–water partition coefficient (Wildman–Crippen LogP) is 3.51. The monoisotopic (exact) mass is 273 g/mol. The normalized spacial score (nSPS) is 12.4. The van der Waals surface area contributed by atoms with Gasteiger partial charge in [0.1, 0.15) is 5.76 Å². The molecule has 0 bridgehead atoms. The maximum atomic E-state index is 8.76. The first-order chi connectivity index (χ1) is 9.92. The number of benzene rings is 1. The quantitative estimate of drug-likeness (QED) is 0.687. The van der Waals surface area contributed by atoms with Gasteiger partial charge in [0.15, 0.2) is 0 Å². The van der Waals surface area contributed by atoms with E-state index in [4.69, 9.17) is 9.52 Å². The lowest BCUT2D eigenvalue weighted by atomic mass is 10.0. The Morgan fingerprint density at radius 3 is 2.45 bits per heavy atom. The summed E-state index contributed by atoms with van der Waals surface area (Å²) in [5, 5.41) is 12.3. The first-order valence-corrected chi connectivity index (χ1v) is 7.34. The van der Waals surface area contributed by atoms with Crippen LogP contribution in [0.3, 0.4) is 0 Å². The third-order valence-corrected chi connectivity index (χ3v) is 3.39. The van der Waals surface area contributed by atoms with E-state index in [1.165, 1.54) is 5.56 Å². The van der Waals surface area contributed by atoms with Crippen molar-refractivity contribution >= 4 is 0 Å². The Labute approximate surface area is 120 Å². The molecule has 0 aliphatic heterocycles. The Bertz CT molecular complexity index is 453. The van der Waals surface area contributed by atoms with E-state index in [1.807, 2.05) is 30.3 Å². The molecular formula is C17H23NO2. The number of rotatable bonds is 9. The van der Waals surface area contributed by atoms with Gasteiger partial charge in [-0.2, -0.15) is 0 Å². The van der Waals surface area contributed by atoms with Gasteiger partial charge in [-0.15, -0.1) is 0 Å². The van der Waals surface area contributed by atoms with E-state index in [0.29, 0.717) is 6.61 Å². The van der Waals surface area contributed by atoms with Crippen molar-refractivity contribution in [2.24, 2.45) is 0 Å². The zero-order valence-corrected chi connectivity index (χ0v) is 11.8. The lowest BCUT2D eigenvalue weighted by Crippen LogP contribution is -2.23. The second kappa shape index (κ2) is 8.56. The molecule has 1 heterocycles. The number of aliphatic hydroxyl groups is 1.